The van der Waals surface area contributed by atoms with Gasteiger partial charge in [-0.15, -0.1) is 0 Å². The molecule has 0 bridgehead atoms. The molecule has 0 unspecified atom stereocenters. The lowest BCUT2D eigenvalue weighted by Crippen LogP contribution is -2.42. The van der Waals surface area contributed by atoms with Crippen LogP contribution in [0, 0.1) is 0 Å². The number of hydrogen-bond acceptors (Lipinski definition) is 6. The molecule has 1 aliphatic rings. The molecule has 0 radical (unpaired) electrons. The highest BCUT2D eigenvalue weighted by molar-refractivity contribution is 6.02. The van der Waals surface area contributed by atoms with Crippen molar-refractivity contribution in [1.29, 1.82) is 0 Å². The van der Waals surface area contributed by atoms with Gasteiger partial charge in [0.05, 0.1) is 26.5 Å². The molecule has 0 fully saturated rings. The van der Waals surface area contributed by atoms with Gasteiger partial charge in [-0.05, 0) is 23.8 Å². The normalized spacial score (nSPS) is 12.7. The molecule has 2 N–H and O–H groups in total. The van der Waals surface area contributed by atoms with Crippen molar-refractivity contribution in [2.75, 3.05) is 20.8 Å². The summed E-state index contributed by atoms with van der Waals surface area (Å²) in [7, 11) is 2.96. The third-order valence-electron chi connectivity index (χ3n) is 4.72. The van der Waals surface area contributed by atoms with Crippen LogP contribution < -0.4 is 20.3 Å². The van der Waals surface area contributed by atoms with E-state index in [9.17, 15) is 14.4 Å². The zero-order valence-corrected chi connectivity index (χ0v) is 17.4. The number of hydrazine groups is 1. The first-order valence-corrected chi connectivity index (χ1v) is 9.76. The van der Waals surface area contributed by atoms with Crippen molar-refractivity contribution in [3.63, 3.8) is 0 Å². The zero-order chi connectivity index (χ0) is 22.2. The molecule has 0 saturated heterocycles. The number of carbonyl (C=O) groups excluding carboxylic acids is 3. The Labute approximate surface area is 180 Å². The molecule has 3 amide bonds. The van der Waals surface area contributed by atoms with Gasteiger partial charge < -0.3 is 9.47 Å². The number of amides is 3. The molecular formula is C22H24N4O5. The van der Waals surface area contributed by atoms with Gasteiger partial charge in [0.25, 0.3) is 5.91 Å². The predicted molar refractivity (Wildman–Crippen MR) is 114 cm³/mol. The van der Waals surface area contributed by atoms with Gasteiger partial charge in [0.2, 0.25) is 11.8 Å². The van der Waals surface area contributed by atoms with E-state index in [1.807, 2.05) is 30.3 Å². The van der Waals surface area contributed by atoms with Crippen molar-refractivity contribution in [3.05, 3.63) is 59.7 Å². The van der Waals surface area contributed by atoms with E-state index < -0.39 is 11.8 Å². The van der Waals surface area contributed by atoms with E-state index >= 15 is 0 Å². The minimum atomic E-state index is -0.516. The van der Waals surface area contributed by atoms with Gasteiger partial charge in [-0.25, -0.2) is 5.01 Å². The van der Waals surface area contributed by atoms with Crippen LogP contribution in [0.2, 0.25) is 0 Å². The Morgan fingerprint density at radius 3 is 2.42 bits per heavy atom. The number of benzene rings is 2. The minimum Gasteiger partial charge on any atom is -0.493 e. The van der Waals surface area contributed by atoms with E-state index in [0.717, 1.165) is 11.3 Å². The predicted octanol–water partition coefficient (Wildman–Crippen LogP) is 1.88. The lowest BCUT2D eigenvalue weighted by molar-refractivity contribution is -0.133. The number of nitrogens with one attached hydrogen (secondary N) is 2. The van der Waals surface area contributed by atoms with Crippen molar-refractivity contribution >= 4 is 23.4 Å². The van der Waals surface area contributed by atoms with Crippen LogP contribution >= 0.6 is 0 Å². The van der Waals surface area contributed by atoms with Gasteiger partial charge in [-0.2, -0.15) is 5.10 Å². The fraction of sp³-hybridized carbons (Fsp3) is 0.273. The van der Waals surface area contributed by atoms with Crippen LogP contribution in [0.5, 0.6) is 11.5 Å². The van der Waals surface area contributed by atoms with Gasteiger partial charge >= 0.3 is 0 Å². The Bertz CT molecular complexity index is 991. The number of nitrogens with zero attached hydrogens (tertiary/aromatic N) is 2. The third kappa shape index (κ3) is 5.59. The Morgan fingerprint density at radius 2 is 1.71 bits per heavy atom. The molecule has 2 aromatic rings. The maximum absolute atomic E-state index is 12.3. The molecule has 3 rings (SSSR count). The van der Waals surface area contributed by atoms with Gasteiger partial charge in [-0.1, -0.05) is 30.3 Å². The van der Waals surface area contributed by atoms with Gasteiger partial charge in [0, 0.05) is 24.8 Å². The van der Waals surface area contributed by atoms with Gasteiger partial charge in [0.15, 0.2) is 11.5 Å². The van der Waals surface area contributed by atoms with Crippen molar-refractivity contribution in [3.8, 4) is 11.5 Å². The van der Waals surface area contributed by atoms with Crippen molar-refractivity contribution in [2.24, 2.45) is 5.10 Å². The van der Waals surface area contributed by atoms with E-state index in [0.29, 0.717) is 24.5 Å². The average molecular weight is 424 g/mol. The van der Waals surface area contributed by atoms with E-state index in [1.54, 1.807) is 12.1 Å². The van der Waals surface area contributed by atoms with Crippen LogP contribution in [0.15, 0.2) is 53.6 Å². The number of ether oxygens (including phenoxy) is 2. The SMILES string of the molecule is COc1ccc(C(=O)NNC(=O)CCC(=O)N2CCC(c3ccccc3)=N2)cc1OC. The quantitative estimate of drug-likeness (QED) is 0.660. The highest BCUT2D eigenvalue weighted by Gasteiger charge is 2.22. The van der Waals surface area contributed by atoms with E-state index in [-0.39, 0.29) is 24.3 Å². The summed E-state index contributed by atoms with van der Waals surface area (Å²) in [5, 5.41) is 5.74. The molecule has 0 aromatic heterocycles. The van der Waals surface area contributed by atoms with Gasteiger partial charge in [-0.3, -0.25) is 25.2 Å². The Kier molecular flexibility index (Phi) is 7.21. The second-order valence-corrected chi connectivity index (χ2v) is 6.75. The van der Waals surface area contributed by atoms with E-state index in [4.69, 9.17) is 9.47 Å². The fourth-order valence-electron chi connectivity index (χ4n) is 3.06. The van der Waals surface area contributed by atoms with Crippen molar-refractivity contribution < 1.29 is 23.9 Å². The fourth-order valence-corrected chi connectivity index (χ4v) is 3.06. The number of rotatable bonds is 7. The van der Waals surface area contributed by atoms with E-state index in [1.165, 1.54) is 25.3 Å². The van der Waals surface area contributed by atoms with Crippen LogP contribution in [0.4, 0.5) is 0 Å². The van der Waals surface area contributed by atoms with Gasteiger partial charge in [0.1, 0.15) is 0 Å². The topological polar surface area (TPSA) is 109 Å². The molecule has 0 saturated carbocycles. The number of methoxy groups -OCH3 is 2. The monoisotopic (exact) mass is 424 g/mol. The lowest BCUT2D eigenvalue weighted by Gasteiger charge is -2.12. The number of carbonyl (C=O) groups is 3. The summed E-state index contributed by atoms with van der Waals surface area (Å²) < 4.78 is 10.3. The molecule has 162 valence electrons. The molecule has 1 aliphatic heterocycles. The molecule has 9 heteroatoms. The highest BCUT2D eigenvalue weighted by Crippen LogP contribution is 2.27. The maximum atomic E-state index is 12.3. The Hall–Kier alpha value is -3.88. The first-order valence-electron chi connectivity index (χ1n) is 9.76. The Balaban J connectivity index is 1.45. The van der Waals surface area contributed by atoms with E-state index in [2.05, 4.69) is 16.0 Å². The molecule has 1 heterocycles. The average Bonchev–Trinajstić information content (AvgIpc) is 3.31. The van der Waals surface area contributed by atoms with Crippen molar-refractivity contribution in [2.45, 2.75) is 19.3 Å². The first-order chi connectivity index (χ1) is 15.0. The second-order valence-electron chi connectivity index (χ2n) is 6.75. The highest BCUT2D eigenvalue weighted by atomic mass is 16.5. The van der Waals surface area contributed by atoms with Crippen LogP contribution in [-0.2, 0) is 9.59 Å². The van der Waals surface area contributed by atoms with Crippen LogP contribution in [0.1, 0.15) is 35.2 Å². The molecule has 0 spiro atoms. The second kappa shape index (κ2) is 10.2. The largest absolute Gasteiger partial charge is 0.493 e. The molecular weight excluding hydrogens is 400 g/mol. The Morgan fingerprint density at radius 1 is 0.968 bits per heavy atom. The summed E-state index contributed by atoms with van der Waals surface area (Å²) >= 11 is 0. The summed E-state index contributed by atoms with van der Waals surface area (Å²) in [6, 6.07) is 14.3. The first kappa shape index (κ1) is 21.8. The molecule has 0 aliphatic carbocycles. The van der Waals surface area contributed by atoms with Crippen molar-refractivity contribution in [1.82, 2.24) is 15.9 Å². The third-order valence-corrected chi connectivity index (χ3v) is 4.72. The molecule has 0 atom stereocenters. The number of hydrazone groups is 1. The minimum absolute atomic E-state index is 0.0103. The molecule has 9 nitrogen and oxygen atoms in total. The summed E-state index contributed by atoms with van der Waals surface area (Å²) in [6.07, 6.45) is 0.588. The maximum Gasteiger partial charge on any atom is 0.269 e. The number of hydrogen-bond donors (Lipinski definition) is 2. The molecule has 31 heavy (non-hydrogen) atoms. The summed E-state index contributed by atoms with van der Waals surface area (Å²) in [5.74, 6) is -0.354. The van der Waals surface area contributed by atoms with Crippen LogP contribution in [-0.4, -0.2) is 49.2 Å². The zero-order valence-electron chi connectivity index (χ0n) is 17.4. The summed E-state index contributed by atoms with van der Waals surface area (Å²) in [4.78, 5) is 36.6. The van der Waals surface area contributed by atoms with Crippen LogP contribution in [0.3, 0.4) is 0 Å². The molecule has 2 aromatic carbocycles. The van der Waals surface area contributed by atoms with Crippen LogP contribution in [0.25, 0.3) is 0 Å². The summed E-state index contributed by atoms with van der Waals surface area (Å²) in [5.41, 5.74) is 6.75. The standard InChI is InChI=1S/C22H24N4O5/c1-30-18-9-8-16(14-19(18)31-2)22(29)24-23-20(27)10-11-21(28)26-13-12-17(25-26)15-6-4-3-5-7-15/h3-9,14H,10-13H2,1-2H3,(H,23,27)(H,24,29). The lowest BCUT2D eigenvalue weighted by atomic mass is 10.1. The summed E-state index contributed by atoms with van der Waals surface area (Å²) in [6.45, 7) is 0.487. The smallest absolute Gasteiger partial charge is 0.269 e.